The smallest absolute Gasteiger partial charge is 0.269 e. The maximum absolute atomic E-state index is 13.2. The molecule has 0 spiro atoms. The summed E-state index contributed by atoms with van der Waals surface area (Å²) in [4.78, 5) is 10.3. The van der Waals surface area contributed by atoms with Crippen LogP contribution < -0.4 is 0 Å². The molecular weight excluding hydrogens is 370 g/mol. The number of rotatable bonds is 5. The Morgan fingerprint density at radius 2 is 1.68 bits per heavy atom. The summed E-state index contributed by atoms with van der Waals surface area (Å²) in [5.74, 6) is -3.51. The van der Waals surface area contributed by atoms with Crippen LogP contribution in [0.4, 0.5) is 17.6 Å². The number of halogens is 4. The number of nitro groups is 1. The fraction of sp³-hybridized carbons (Fsp3) is 1.00. The minimum atomic E-state index is -4.65. The molecule has 2 rings (SSSR count). The van der Waals surface area contributed by atoms with E-state index in [0.717, 1.165) is 0 Å². The molecule has 0 aromatic heterocycles. The fourth-order valence-electron chi connectivity index (χ4n) is 3.72. The summed E-state index contributed by atoms with van der Waals surface area (Å²) >= 11 is 0. The Morgan fingerprint density at radius 1 is 1.08 bits per heavy atom. The highest BCUT2D eigenvalue weighted by molar-refractivity contribution is 7.87. The summed E-state index contributed by atoms with van der Waals surface area (Å²) in [5, 5.41) is 10.1. The van der Waals surface area contributed by atoms with Crippen molar-refractivity contribution in [3.8, 4) is 0 Å². The molecule has 0 radical (unpaired) electrons. The Bertz CT molecular complexity index is 574. The maximum atomic E-state index is 13.2. The van der Waals surface area contributed by atoms with E-state index in [1.54, 1.807) is 0 Å². The fourth-order valence-corrected chi connectivity index (χ4v) is 5.11. The van der Waals surface area contributed by atoms with E-state index in [-0.39, 0.29) is 44.9 Å². The molecule has 3 unspecified atom stereocenters. The van der Waals surface area contributed by atoms with Gasteiger partial charge in [-0.25, -0.2) is 4.39 Å². The third kappa shape index (κ3) is 5.02. The largest absolute Gasteiger partial charge is 0.392 e. The van der Waals surface area contributed by atoms with Gasteiger partial charge in [-0.1, -0.05) is 0 Å². The summed E-state index contributed by atoms with van der Waals surface area (Å²) in [7, 11) is -4.18. The molecular formula is C14H21F4NO5S. The average molecular weight is 391 g/mol. The number of hydrogen-bond donors (Lipinski definition) is 0. The molecule has 0 N–H and O–H groups in total. The molecule has 0 amide bonds. The van der Waals surface area contributed by atoms with Crippen LogP contribution >= 0.6 is 0 Å². The second-order valence-corrected chi connectivity index (χ2v) is 8.63. The van der Waals surface area contributed by atoms with Gasteiger partial charge in [0.05, 0.1) is 23.7 Å². The van der Waals surface area contributed by atoms with Gasteiger partial charge in [0.25, 0.3) is 10.1 Å². The van der Waals surface area contributed by atoms with Crippen LogP contribution in [0.5, 0.6) is 0 Å². The third-order valence-electron chi connectivity index (χ3n) is 5.15. The van der Waals surface area contributed by atoms with Crippen molar-refractivity contribution >= 4 is 10.1 Å². The van der Waals surface area contributed by atoms with E-state index in [2.05, 4.69) is 0 Å². The molecule has 0 saturated heterocycles. The zero-order valence-electron chi connectivity index (χ0n) is 13.5. The van der Waals surface area contributed by atoms with Crippen LogP contribution in [0.2, 0.25) is 0 Å². The van der Waals surface area contributed by atoms with Gasteiger partial charge in [0.15, 0.2) is 0 Å². The van der Waals surface area contributed by atoms with Crippen molar-refractivity contribution in [1.82, 2.24) is 0 Å². The maximum Gasteiger partial charge on any atom is 0.392 e. The Kier molecular flexibility index (Phi) is 6.29. The first kappa shape index (κ1) is 20.3. The molecule has 0 aliphatic heterocycles. The number of alkyl halides is 4. The van der Waals surface area contributed by atoms with Gasteiger partial charge in [-0.2, -0.15) is 21.6 Å². The lowest BCUT2D eigenvalue weighted by Gasteiger charge is -2.34. The highest BCUT2D eigenvalue weighted by atomic mass is 32.2. The molecule has 0 aromatic carbocycles. The summed E-state index contributed by atoms with van der Waals surface area (Å²) < 4.78 is 81.8. The van der Waals surface area contributed by atoms with Crippen LogP contribution in [0, 0.1) is 22.0 Å². The molecule has 6 nitrogen and oxygen atoms in total. The minimum absolute atomic E-state index is 0.0372. The van der Waals surface area contributed by atoms with E-state index >= 15 is 0 Å². The lowest BCUT2D eigenvalue weighted by molar-refractivity contribution is -0.541. The molecule has 2 fully saturated rings. The van der Waals surface area contributed by atoms with Crippen LogP contribution in [-0.2, 0) is 14.3 Å². The van der Waals surface area contributed by atoms with Crippen molar-refractivity contribution in [2.45, 2.75) is 68.6 Å². The summed E-state index contributed by atoms with van der Waals surface area (Å²) in [6.07, 6.45) is -5.82. The van der Waals surface area contributed by atoms with Crippen LogP contribution in [0.1, 0.15) is 44.9 Å². The lowest BCUT2D eigenvalue weighted by Crippen LogP contribution is -2.46. The minimum Gasteiger partial charge on any atom is -0.269 e. The zero-order valence-corrected chi connectivity index (χ0v) is 14.3. The standard InChI is InChI=1S/C14H21F4NO5S/c15-9-4-6-10(7-5-9)25(22,23)24-8-11-12(14(16,17)18)2-1-3-13(11)19(20)21/h9-13H,1-8H2. The summed E-state index contributed by atoms with van der Waals surface area (Å²) in [6, 6.07) is -1.49. The zero-order chi connectivity index (χ0) is 18.8. The Morgan fingerprint density at radius 3 is 2.20 bits per heavy atom. The SMILES string of the molecule is O=[N+]([O-])C1CCCC(C(F)(F)F)C1COS(=O)(=O)C1CCC(F)CC1. The molecule has 25 heavy (non-hydrogen) atoms. The van der Waals surface area contributed by atoms with Crippen LogP contribution in [0.3, 0.4) is 0 Å². The van der Waals surface area contributed by atoms with Crippen LogP contribution in [0.25, 0.3) is 0 Å². The van der Waals surface area contributed by atoms with E-state index in [0.29, 0.717) is 0 Å². The first-order valence-corrected chi connectivity index (χ1v) is 9.72. The second kappa shape index (κ2) is 7.73. The van der Waals surface area contributed by atoms with Gasteiger partial charge >= 0.3 is 6.18 Å². The highest BCUT2D eigenvalue weighted by Crippen LogP contribution is 2.43. The van der Waals surface area contributed by atoms with Crippen LogP contribution in [-0.4, -0.2) is 43.6 Å². The molecule has 0 heterocycles. The summed E-state index contributed by atoms with van der Waals surface area (Å²) in [5.41, 5.74) is 0. The second-order valence-electron chi connectivity index (χ2n) is 6.75. The van der Waals surface area contributed by atoms with Crippen molar-refractivity contribution in [1.29, 1.82) is 0 Å². The van der Waals surface area contributed by atoms with E-state index in [1.165, 1.54) is 0 Å². The monoisotopic (exact) mass is 391 g/mol. The predicted octanol–water partition coefficient (Wildman–Crippen LogP) is 3.24. The third-order valence-corrected chi connectivity index (χ3v) is 6.91. The van der Waals surface area contributed by atoms with Crippen molar-refractivity contribution in [2.75, 3.05) is 6.61 Å². The van der Waals surface area contributed by atoms with Gasteiger partial charge < -0.3 is 0 Å². The highest BCUT2D eigenvalue weighted by Gasteiger charge is 2.53. The average Bonchev–Trinajstić information content (AvgIpc) is 2.52. The van der Waals surface area contributed by atoms with E-state index in [1.807, 2.05) is 0 Å². The van der Waals surface area contributed by atoms with Gasteiger partial charge in [0, 0.05) is 11.3 Å². The van der Waals surface area contributed by atoms with Crippen molar-refractivity contribution in [2.24, 2.45) is 11.8 Å². The summed E-state index contributed by atoms with van der Waals surface area (Å²) in [6.45, 7) is -0.867. The van der Waals surface area contributed by atoms with E-state index in [4.69, 9.17) is 4.18 Å². The molecule has 11 heteroatoms. The molecule has 3 atom stereocenters. The first-order chi connectivity index (χ1) is 11.5. The Balaban J connectivity index is 2.09. The molecule has 0 aromatic rings. The quantitative estimate of drug-likeness (QED) is 0.311. The Hall–Kier alpha value is -0.970. The predicted molar refractivity (Wildman–Crippen MR) is 79.7 cm³/mol. The van der Waals surface area contributed by atoms with Gasteiger partial charge in [-0.15, -0.1) is 0 Å². The normalized spacial score (nSPS) is 34.6. The van der Waals surface area contributed by atoms with Gasteiger partial charge in [-0.05, 0) is 38.5 Å². The van der Waals surface area contributed by atoms with Crippen molar-refractivity contribution in [3.63, 3.8) is 0 Å². The molecule has 2 saturated carbocycles. The van der Waals surface area contributed by atoms with E-state index in [9.17, 15) is 36.1 Å². The first-order valence-electron chi connectivity index (χ1n) is 8.25. The number of nitrogens with zero attached hydrogens (tertiary/aromatic N) is 1. The molecule has 2 aliphatic carbocycles. The van der Waals surface area contributed by atoms with Crippen molar-refractivity contribution < 1.29 is 35.1 Å². The molecule has 0 bridgehead atoms. The van der Waals surface area contributed by atoms with Gasteiger partial charge in [-0.3, -0.25) is 14.3 Å². The molecule has 2 aliphatic rings. The van der Waals surface area contributed by atoms with E-state index < -0.39 is 57.1 Å². The molecule has 146 valence electrons. The van der Waals surface area contributed by atoms with Crippen LogP contribution in [0.15, 0.2) is 0 Å². The topological polar surface area (TPSA) is 86.5 Å². The number of hydrogen-bond acceptors (Lipinski definition) is 5. The Labute approximate surface area is 143 Å². The lowest BCUT2D eigenvalue weighted by atomic mass is 9.76. The van der Waals surface area contributed by atoms with Gasteiger partial charge in [0.2, 0.25) is 6.04 Å². The van der Waals surface area contributed by atoms with Crippen molar-refractivity contribution in [3.05, 3.63) is 10.1 Å². The van der Waals surface area contributed by atoms with Gasteiger partial charge in [0.1, 0.15) is 6.17 Å².